The fourth-order valence-electron chi connectivity index (χ4n) is 3.07. The Morgan fingerprint density at radius 3 is 2.66 bits per heavy atom. The predicted octanol–water partition coefficient (Wildman–Crippen LogP) is 3.42. The number of ether oxygens (including phenoxy) is 1. The molecule has 1 aromatic carbocycles. The predicted molar refractivity (Wildman–Crippen MR) is 127 cm³/mol. The Morgan fingerprint density at radius 2 is 2.00 bits per heavy atom. The Balaban J connectivity index is 1.64. The quantitative estimate of drug-likeness (QED) is 0.423. The van der Waals surface area contributed by atoms with Crippen molar-refractivity contribution < 1.29 is 23.6 Å². The Hall–Kier alpha value is -4.11. The molecule has 2 aromatic heterocycles. The summed E-state index contributed by atoms with van der Waals surface area (Å²) in [5, 5.41) is 18.6. The highest BCUT2D eigenvalue weighted by molar-refractivity contribution is 7.17. The minimum Gasteiger partial charge on any atom is -0.459 e. The van der Waals surface area contributed by atoms with Crippen molar-refractivity contribution in [3.63, 3.8) is 0 Å². The number of anilines is 1. The number of amides is 2. The highest BCUT2D eigenvalue weighted by atomic mass is 32.1. The average molecular weight is 497 g/mol. The van der Waals surface area contributed by atoms with Crippen molar-refractivity contribution in [1.82, 2.24) is 20.4 Å². The molecule has 2 amide bonds. The van der Waals surface area contributed by atoms with E-state index in [1.807, 2.05) is 6.07 Å². The Labute approximate surface area is 205 Å². The van der Waals surface area contributed by atoms with E-state index in [4.69, 9.17) is 14.5 Å². The molecule has 0 radical (unpaired) electrons. The van der Waals surface area contributed by atoms with Crippen LogP contribution in [0, 0.1) is 25.2 Å². The number of hydrogen-bond acceptors (Lipinski definition) is 10. The molecule has 0 saturated heterocycles. The zero-order chi connectivity index (χ0) is 25.5. The average Bonchev–Trinajstić information content (AvgIpc) is 3.38. The van der Waals surface area contributed by atoms with E-state index in [-0.39, 0.29) is 24.1 Å². The van der Waals surface area contributed by atoms with Crippen molar-refractivity contribution in [3.8, 4) is 17.5 Å². The minimum absolute atomic E-state index is 0.0776. The molecule has 3 aromatic rings. The molecular weight excluding hydrogens is 472 g/mol. The van der Waals surface area contributed by atoms with Crippen LogP contribution in [0.3, 0.4) is 0 Å². The van der Waals surface area contributed by atoms with Crippen molar-refractivity contribution >= 4 is 34.3 Å². The van der Waals surface area contributed by atoms with Gasteiger partial charge in [0.25, 0.3) is 5.91 Å². The van der Waals surface area contributed by atoms with Crippen molar-refractivity contribution in [1.29, 1.82) is 5.26 Å². The second-order valence-corrected chi connectivity index (χ2v) is 8.89. The lowest BCUT2D eigenvalue weighted by Crippen LogP contribution is -2.37. The number of benzene rings is 1. The molecule has 182 valence electrons. The Morgan fingerprint density at radius 1 is 1.23 bits per heavy atom. The summed E-state index contributed by atoms with van der Waals surface area (Å²) >= 11 is 1.00. The van der Waals surface area contributed by atoms with Crippen molar-refractivity contribution in [2.75, 3.05) is 5.32 Å². The molecule has 0 fully saturated rings. The van der Waals surface area contributed by atoms with Crippen LogP contribution in [0.1, 0.15) is 58.3 Å². The third-order valence-corrected chi connectivity index (χ3v) is 5.64. The largest absolute Gasteiger partial charge is 0.459 e. The zero-order valence-corrected chi connectivity index (χ0v) is 20.4. The summed E-state index contributed by atoms with van der Waals surface area (Å²) in [6, 6.07) is 7.85. The number of nitrogens with one attached hydrogen (secondary N) is 2. The van der Waals surface area contributed by atoms with Gasteiger partial charge in [-0.1, -0.05) is 28.6 Å². The van der Waals surface area contributed by atoms with E-state index in [0.29, 0.717) is 33.4 Å². The highest BCUT2D eigenvalue weighted by Gasteiger charge is 2.22. The maximum absolute atomic E-state index is 12.8. The summed E-state index contributed by atoms with van der Waals surface area (Å²) in [7, 11) is 0. The Bertz CT molecular complexity index is 1280. The highest BCUT2D eigenvalue weighted by Crippen LogP contribution is 2.24. The van der Waals surface area contributed by atoms with E-state index in [1.165, 1.54) is 0 Å². The SMILES string of the molecule is Cc1nc(-c2cccc(C(=O)NC(CC#N)CC(=O)Nc3nc(C)c(C(=O)OC(C)C)s3)c2)no1. The second-order valence-electron chi connectivity index (χ2n) is 7.89. The van der Waals surface area contributed by atoms with Gasteiger partial charge in [0.1, 0.15) is 4.88 Å². The lowest BCUT2D eigenvalue weighted by atomic mass is 10.1. The molecule has 12 heteroatoms. The van der Waals surface area contributed by atoms with Gasteiger partial charge in [-0.15, -0.1) is 0 Å². The number of hydrogen-bond donors (Lipinski definition) is 2. The molecule has 2 heterocycles. The van der Waals surface area contributed by atoms with Crippen LogP contribution in [-0.4, -0.2) is 45.1 Å². The third kappa shape index (κ3) is 6.94. The van der Waals surface area contributed by atoms with E-state index in [1.54, 1.807) is 52.0 Å². The van der Waals surface area contributed by atoms with Gasteiger partial charge in [0.15, 0.2) is 5.13 Å². The first-order chi connectivity index (χ1) is 16.7. The molecule has 0 aliphatic carbocycles. The topological polar surface area (TPSA) is 160 Å². The molecule has 11 nitrogen and oxygen atoms in total. The molecule has 0 aliphatic rings. The number of aryl methyl sites for hydroxylation is 2. The van der Waals surface area contributed by atoms with Gasteiger partial charge in [0.05, 0.1) is 30.3 Å². The summed E-state index contributed by atoms with van der Waals surface area (Å²) < 4.78 is 10.2. The Kier molecular flexibility index (Phi) is 8.27. The van der Waals surface area contributed by atoms with Crippen molar-refractivity contribution in [2.45, 2.75) is 52.7 Å². The van der Waals surface area contributed by atoms with Gasteiger partial charge >= 0.3 is 5.97 Å². The number of carbonyl (C=O) groups is 3. The number of aromatic nitrogens is 3. The van der Waals surface area contributed by atoms with Crippen LogP contribution in [0.25, 0.3) is 11.4 Å². The zero-order valence-electron chi connectivity index (χ0n) is 19.6. The van der Waals surface area contributed by atoms with Gasteiger partial charge in [0.2, 0.25) is 17.6 Å². The number of nitrogens with zero attached hydrogens (tertiary/aromatic N) is 4. The smallest absolute Gasteiger partial charge is 0.350 e. The number of rotatable bonds is 9. The van der Waals surface area contributed by atoms with Crippen LogP contribution in [0.15, 0.2) is 28.8 Å². The summed E-state index contributed by atoms with van der Waals surface area (Å²) in [4.78, 5) is 46.2. The number of esters is 1. The lowest BCUT2D eigenvalue weighted by molar-refractivity contribution is -0.116. The van der Waals surface area contributed by atoms with Crippen LogP contribution in [0.5, 0.6) is 0 Å². The molecule has 0 aliphatic heterocycles. The molecule has 2 N–H and O–H groups in total. The van der Waals surface area contributed by atoms with Crippen LogP contribution in [0.2, 0.25) is 0 Å². The molecule has 0 bridgehead atoms. The maximum Gasteiger partial charge on any atom is 0.350 e. The van der Waals surface area contributed by atoms with Crippen molar-refractivity contribution in [2.24, 2.45) is 0 Å². The second kappa shape index (κ2) is 11.3. The lowest BCUT2D eigenvalue weighted by Gasteiger charge is -2.15. The van der Waals surface area contributed by atoms with Crippen LogP contribution >= 0.6 is 11.3 Å². The number of nitriles is 1. The number of thiazole rings is 1. The van der Waals surface area contributed by atoms with Gasteiger partial charge in [-0.05, 0) is 32.9 Å². The van der Waals surface area contributed by atoms with Gasteiger partial charge < -0.3 is 19.9 Å². The minimum atomic E-state index is -0.741. The summed E-state index contributed by atoms with van der Waals surface area (Å²) in [5.41, 5.74) is 1.35. The standard InChI is InChI=1S/C23H24N6O5S/c1-12(2)33-22(32)19-13(3)25-23(35-19)28-18(30)11-17(8-9-24)27-21(31)16-7-5-6-15(10-16)20-26-14(4)34-29-20/h5-7,10,12,17H,8,11H2,1-4H3,(H,27,31)(H,25,28,30). The summed E-state index contributed by atoms with van der Waals surface area (Å²) in [6.45, 7) is 6.79. The van der Waals surface area contributed by atoms with Crippen LogP contribution in [-0.2, 0) is 9.53 Å². The van der Waals surface area contributed by atoms with Crippen molar-refractivity contribution in [3.05, 3.63) is 46.3 Å². The summed E-state index contributed by atoms with van der Waals surface area (Å²) in [5.74, 6) is -0.679. The fourth-order valence-corrected chi connectivity index (χ4v) is 3.94. The first-order valence-corrected chi connectivity index (χ1v) is 11.5. The van der Waals surface area contributed by atoms with E-state index in [0.717, 1.165) is 11.3 Å². The van der Waals surface area contributed by atoms with E-state index >= 15 is 0 Å². The van der Waals surface area contributed by atoms with Gasteiger partial charge in [-0.3, -0.25) is 9.59 Å². The molecule has 35 heavy (non-hydrogen) atoms. The molecule has 3 rings (SSSR count). The molecule has 1 unspecified atom stereocenters. The van der Waals surface area contributed by atoms with Gasteiger partial charge in [-0.25, -0.2) is 9.78 Å². The van der Waals surface area contributed by atoms with Crippen LogP contribution < -0.4 is 10.6 Å². The van der Waals surface area contributed by atoms with Gasteiger partial charge in [-0.2, -0.15) is 10.2 Å². The first-order valence-electron chi connectivity index (χ1n) is 10.7. The molecule has 0 saturated carbocycles. The number of carbonyl (C=O) groups excluding carboxylic acids is 3. The van der Waals surface area contributed by atoms with E-state index in [9.17, 15) is 14.4 Å². The molecule has 0 spiro atoms. The fraction of sp³-hybridized carbons (Fsp3) is 0.348. The normalized spacial score (nSPS) is 11.5. The maximum atomic E-state index is 12.8. The van der Waals surface area contributed by atoms with E-state index in [2.05, 4.69) is 25.8 Å². The molecule has 1 atom stereocenters. The van der Waals surface area contributed by atoms with E-state index < -0.39 is 23.8 Å². The summed E-state index contributed by atoms with van der Waals surface area (Å²) in [6.07, 6.45) is -0.520. The van der Waals surface area contributed by atoms with Gasteiger partial charge in [0, 0.05) is 24.5 Å². The van der Waals surface area contributed by atoms with Crippen LogP contribution in [0.4, 0.5) is 5.13 Å². The molecular formula is C23H24N6O5S. The third-order valence-electron chi connectivity index (χ3n) is 4.59. The first kappa shape index (κ1) is 25.5. The monoisotopic (exact) mass is 496 g/mol.